The van der Waals surface area contributed by atoms with E-state index in [0.29, 0.717) is 23.1 Å². The quantitative estimate of drug-likeness (QED) is 0.341. The van der Waals surface area contributed by atoms with Crippen molar-refractivity contribution in [3.63, 3.8) is 0 Å². The van der Waals surface area contributed by atoms with Crippen LogP contribution in [0.5, 0.6) is 11.5 Å². The Kier molecular flexibility index (Phi) is 8.76. The molecule has 1 N–H and O–H groups in total. The van der Waals surface area contributed by atoms with Crippen LogP contribution in [0.1, 0.15) is 36.5 Å². The Labute approximate surface area is 194 Å². The molecule has 0 unspecified atom stereocenters. The monoisotopic (exact) mass is 449 g/mol. The van der Waals surface area contributed by atoms with Crippen molar-refractivity contribution in [1.29, 1.82) is 0 Å². The summed E-state index contributed by atoms with van der Waals surface area (Å²) in [6.07, 6.45) is 6.66. The van der Waals surface area contributed by atoms with Gasteiger partial charge < -0.3 is 14.8 Å². The van der Waals surface area contributed by atoms with Crippen molar-refractivity contribution in [2.24, 2.45) is 0 Å². The van der Waals surface area contributed by atoms with Crippen LogP contribution < -0.4 is 14.8 Å². The Bertz CT molecular complexity index is 1040. The zero-order valence-corrected chi connectivity index (χ0v) is 19.2. The number of anilines is 1. The number of nitrogens with one attached hydrogen (secondary N) is 1. The van der Waals surface area contributed by atoms with Crippen LogP contribution in [0.2, 0.25) is 5.02 Å². The second-order valence-corrected chi connectivity index (χ2v) is 7.88. The third-order valence-corrected chi connectivity index (χ3v) is 5.21. The second-order valence-electron chi connectivity index (χ2n) is 7.45. The van der Waals surface area contributed by atoms with Crippen molar-refractivity contribution in [3.8, 4) is 11.5 Å². The first-order valence-corrected chi connectivity index (χ1v) is 11.1. The summed E-state index contributed by atoms with van der Waals surface area (Å²) in [7, 11) is 1.59. The molecule has 0 saturated heterocycles. The number of benzene rings is 3. The molecule has 0 spiro atoms. The molecule has 166 valence electrons. The van der Waals surface area contributed by atoms with Crippen LogP contribution >= 0.6 is 11.6 Å². The number of methoxy groups -OCH3 is 1. The van der Waals surface area contributed by atoms with Crippen LogP contribution in [0.4, 0.5) is 5.69 Å². The van der Waals surface area contributed by atoms with Gasteiger partial charge in [-0.15, -0.1) is 0 Å². The molecular weight excluding hydrogens is 422 g/mol. The van der Waals surface area contributed by atoms with Crippen LogP contribution in [0.15, 0.2) is 72.8 Å². The predicted octanol–water partition coefficient (Wildman–Crippen LogP) is 6.92. The molecule has 0 heterocycles. The normalized spacial score (nSPS) is 10.8. The van der Waals surface area contributed by atoms with Gasteiger partial charge >= 0.3 is 0 Å². The highest BCUT2D eigenvalue weighted by atomic mass is 35.5. The zero-order chi connectivity index (χ0) is 22.8. The SMILES string of the molecule is CCCCc1ccc(NC(=O)/C=C/c2ccc(OCc3ccc(Cl)cc3)c(OC)c2)cc1. The molecule has 0 radical (unpaired) electrons. The molecule has 0 aliphatic heterocycles. The van der Waals surface area contributed by atoms with Gasteiger partial charge in [0.25, 0.3) is 0 Å². The Morgan fingerprint density at radius 1 is 0.969 bits per heavy atom. The Morgan fingerprint density at radius 3 is 2.38 bits per heavy atom. The van der Waals surface area contributed by atoms with E-state index in [0.717, 1.165) is 23.2 Å². The predicted molar refractivity (Wildman–Crippen MR) is 131 cm³/mol. The molecule has 4 nitrogen and oxygen atoms in total. The first-order chi connectivity index (χ1) is 15.6. The first kappa shape index (κ1) is 23.4. The van der Waals surface area contributed by atoms with E-state index < -0.39 is 0 Å². The maximum absolute atomic E-state index is 12.3. The van der Waals surface area contributed by atoms with E-state index >= 15 is 0 Å². The topological polar surface area (TPSA) is 47.6 Å². The molecule has 3 rings (SSSR count). The minimum Gasteiger partial charge on any atom is -0.493 e. The van der Waals surface area contributed by atoms with Crippen molar-refractivity contribution in [3.05, 3.63) is 94.5 Å². The number of unbranched alkanes of at least 4 members (excludes halogenated alkanes) is 1. The van der Waals surface area contributed by atoms with E-state index in [1.54, 1.807) is 13.2 Å². The number of rotatable bonds is 10. The number of hydrogen-bond acceptors (Lipinski definition) is 3. The Balaban J connectivity index is 1.57. The van der Waals surface area contributed by atoms with Gasteiger partial charge in [-0.25, -0.2) is 0 Å². The molecule has 32 heavy (non-hydrogen) atoms. The number of hydrogen-bond donors (Lipinski definition) is 1. The highest BCUT2D eigenvalue weighted by molar-refractivity contribution is 6.30. The average Bonchev–Trinajstić information content (AvgIpc) is 2.82. The summed E-state index contributed by atoms with van der Waals surface area (Å²) in [5.41, 5.74) is 3.91. The second kappa shape index (κ2) is 12.0. The van der Waals surface area contributed by atoms with E-state index in [-0.39, 0.29) is 5.91 Å². The summed E-state index contributed by atoms with van der Waals surface area (Å²) >= 11 is 5.92. The van der Waals surface area contributed by atoms with Crippen LogP contribution in [0, 0.1) is 0 Å². The summed E-state index contributed by atoms with van der Waals surface area (Å²) in [6.45, 7) is 2.58. The standard InChI is InChI=1S/C27H28ClNO3/c1-3-4-5-20-8-14-24(15-9-20)29-27(30)17-11-21-10-16-25(26(18-21)31-2)32-19-22-6-12-23(28)13-7-22/h6-18H,3-5,19H2,1-2H3,(H,29,30)/b17-11+. The molecule has 0 aliphatic rings. The fourth-order valence-electron chi connectivity index (χ4n) is 3.14. The highest BCUT2D eigenvalue weighted by Crippen LogP contribution is 2.29. The third-order valence-electron chi connectivity index (χ3n) is 4.96. The summed E-state index contributed by atoms with van der Waals surface area (Å²) < 4.78 is 11.3. The highest BCUT2D eigenvalue weighted by Gasteiger charge is 2.06. The lowest BCUT2D eigenvalue weighted by Gasteiger charge is -2.11. The first-order valence-electron chi connectivity index (χ1n) is 10.7. The number of carbonyl (C=O) groups is 1. The lowest BCUT2D eigenvalue weighted by atomic mass is 10.1. The van der Waals surface area contributed by atoms with Crippen LogP contribution in [0.25, 0.3) is 6.08 Å². The van der Waals surface area contributed by atoms with E-state index in [2.05, 4.69) is 24.4 Å². The van der Waals surface area contributed by atoms with E-state index in [9.17, 15) is 4.79 Å². The van der Waals surface area contributed by atoms with Gasteiger partial charge in [0.1, 0.15) is 6.61 Å². The summed E-state index contributed by atoms with van der Waals surface area (Å²) in [5, 5.41) is 3.58. The fraction of sp³-hybridized carbons (Fsp3) is 0.222. The molecule has 5 heteroatoms. The van der Waals surface area contributed by atoms with Gasteiger partial charge in [-0.1, -0.05) is 55.3 Å². The summed E-state index contributed by atoms with van der Waals surface area (Å²) in [5.74, 6) is 1.05. The molecule has 0 bridgehead atoms. The molecule has 0 saturated carbocycles. The van der Waals surface area contributed by atoms with Crippen molar-refractivity contribution in [1.82, 2.24) is 0 Å². The Morgan fingerprint density at radius 2 is 1.69 bits per heavy atom. The minimum absolute atomic E-state index is 0.187. The fourth-order valence-corrected chi connectivity index (χ4v) is 3.27. The van der Waals surface area contributed by atoms with Crippen molar-refractivity contribution >= 4 is 29.3 Å². The number of halogens is 1. The van der Waals surface area contributed by atoms with Crippen LogP contribution in [0.3, 0.4) is 0 Å². The number of ether oxygens (including phenoxy) is 2. The van der Waals surface area contributed by atoms with E-state index in [1.165, 1.54) is 24.5 Å². The maximum Gasteiger partial charge on any atom is 0.248 e. The molecule has 0 aliphatic carbocycles. The van der Waals surface area contributed by atoms with Gasteiger partial charge in [-0.3, -0.25) is 4.79 Å². The maximum atomic E-state index is 12.3. The zero-order valence-electron chi connectivity index (χ0n) is 18.4. The molecule has 0 aromatic heterocycles. The van der Waals surface area contributed by atoms with Crippen molar-refractivity contribution in [2.75, 3.05) is 12.4 Å². The van der Waals surface area contributed by atoms with Gasteiger partial charge in [0.05, 0.1) is 7.11 Å². The molecule has 3 aromatic rings. The van der Waals surface area contributed by atoms with Gasteiger partial charge in [0.2, 0.25) is 5.91 Å². The lowest BCUT2D eigenvalue weighted by Crippen LogP contribution is -2.07. The summed E-state index contributed by atoms with van der Waals surface area (Å²) in [6, 6.07) is 21.0. The molecular formula is C27H28ClNO3. The average molecular weight is 450 g/mol. The molecule has 0 fully saturated rings. The van der Waals surface area contributed by atoms with Gasteiger partial charge in [-0.2, -0.15) is 0 Å². The van der Waals surface area contributed by atoms with Gasteiger partial charge in [0.15, 0.2) is 11.5 Å². The largest absolute Gasteiger partial charge is 0.493 e. The number of amides is 1. The molecule has 3 aromatic carbocycles. The van der Waals surface area contributed by atoms with Gasteiger partial charge in [-0.05, 0) is 72.0 Å². The molecule has 0 atom stereocenters. The van der Waals surface area contributed by atoms with Crippen LogP contribution in [-0.4, -0.2) is 13.0 Å². The van der Waals surface area contributed by atoms with Crippen LogP contribution in [-0.2, 0) is 17.8 Å². The van der Waals surface area contributed by atoms with E-state index in [1.807, 2.05) is 54.6 Å². The minimum atomic E-state index is -0.187. The van der Waals surface area contributed by atoms with E-state index in [4.69, 9.17) is 21.1 Å². The molecule has 1 amide bonds. The van der Waals surface area contributed by atoms with Gasteiger partial charge in [0, 0.05) is 16.8 Å². The third kappa shape index (κ3) is 7.17. The Hall–Kier alpha value is -3.24. The number of carbonyl (C=O) groups excluding carboxylic acids is 1. The lowest BCUT2D eigenvalue weighted by molar-refractivity contribution is -0.111. The van der Waals surface area contributed by atoms with Crippen molar-refractivity contribution in [2.45, 2.75) is 32.8 Å². The summed E-state index contributed by atoms with van der Waals surface area (Å²) in [4.78, 5) is 12.3. The van der Waals surface area contributed by atoms with Crippen molar-refractivity contribution < 1.29 is 14.3 Å². The smallest absolute Gasteiger partial charge is 0.248 e. The number of aryl methyl sites for hydroxylation is 1.